The Morgan fingerprint density at radius 3 is 2.40 bits per heavy atom. The van der Waals surface area contributed by atoms with Gasteiger partial charge in [-0.25, -0.2) is 4.79 Å². The molecule has 124 valence electrons. The number of aromatic carboxylic acids is 1. The Morgan fingerprint density at radius 1 is 1.04 bits per heavy atom. The van der Waals surface area contributed by atoms with E-state index in [9.17, 15) is 9.59 Å². The molecule has 6 heteroatoms. The Labute approximate surface area is 147 Å². The highest BCUT2D eigenvalue weighted by atomic mass is 35.5. The smallest absolute Gasteiger partial charge is 0.335 e. The third kappa shape index (κ3) is 2.24. The Kier molecular flexibility index (Phi) is 3.40. The third-order valence-corrected chi connectivity index (χ3v) is 4.66. The molecule has 0 fully saturated rings. The predicted molar refractivity (Wildman–Crippen MR) is 98.0 cm³/mol. The van der Waals surface area contributed by atoms with Gasteiger partial charge < -0.3 is 9.67 Å². The van der Waals surface area contributed by atoms with Crippen LogP contribution in [-0.2, 0) is 7.05 Å². The highest BCUT2D eigenvalue weighted by molar-refractivity contribution is 6.31. The predicted octanol–water partition coefficient (Wildman–Crippen LogP) is 3.83. The van der Waals surface area contributed by atoms with Crippen molar-refractivity contribution in [1.82, 2.24) is 9.13 Å². The molecule has 0 unspecified atom stereocenters. The lowest BCUT2D eigenvalue weighted by molar-refractivity contribution is 0.0697. The Balaban J connectivity index is 2.15. The van der Waals surface area contributed by atoms with Crippen LogP contribution in [0.5, 0.6) is 0 Å². The number of benzene rings is 2. The van der Waals surface area contributed by atoms with Crippen molar-refractivity contribution in [3.05, 3.63) is 75.5 Å². The summed E-state index contributed by atoms with van der Waals surface area (Å²) in [5, 5.41) is 10.1. The Morgan fingerprint density at radius 2 is 1.72 bits per heavy atom. The van der Waals surface area contributed by atoms with Crippen LogP contribution < -0.4 is 5.56 Å². The van der Waals surface area contributed by atoms with Crippen molar-refractivity contribution >= 4 is 39.5 Å². The van der Waals surface area contributed by atoms with Crippen LogP contribution in [0.25, 0.3) is 27.6 Å². The van der Waals surface area contributed by atoms with Crippen molar-refractivity contribution < 1.29 is 9.90 Å². The normalized spacial score (nSPS) is 11.3. The number of carboxylic acids is 1. The van der Waals surface area contributed by atoms with Gasteiger partial charge in [-0.2, -0.15) is 0 Å². The van der Waals surface area contributed by atoms with E-state index in [4.69, 9.17) is 16.7 Å². The first-order chi connectivity index (χ1) is 12.0. The zero-order valence-electron chi connectivity index (χ0n) is 13.2. The summed E-state index contributed by atoms with van der Waals surface area (Å²) in [4.78, 5) is 23.8. The maximum atomic E-state index is 12.8. The van der Waals surface area contributed by atoms with Gasteiger partial charge in [0.2, 0.25) is 0 Å². The fourth-order valence-electron chi connectivity index (χ4n) is 3.18. The van der Waals surface area contributed by atoms with Gasteiger partial charge in [-0.05, 0) is 36.4 Å². The summed E-state index contributed by atoms with van der Waals surface area (Å²) in [6.07, 6.45) is 0. The summed E-state index contributed by atoms with van der Waals surface area (Å²) in [5.74, 6) is -1.01. The van der Waals surface area contributed by atoms with Crippen LogP contribution in [0.15, 0.2) is 59.4 Å². The standard InChI is InChI=1S/C19H13ClN2O3/c1-21-15-5-3-2-4-13(15)17-16(21)10-14(20)18(23)22(17)12-8-6-11(7-9-12)19(24)25/h2-10H,1H3,(H,24,25). The maximum absolute atomic E-state index is 12.8. The van der Waals surface area contributed by atoms with E-state index in [0.29, 0.717) is 5.69 Å². The van der Waals surface area contributed by atoms with Crippen LogP contribution in [0.4, 0.5) is 0 Å². The SMILES string of the molecule is Cn1c2ccccc2c2c1cc(Cl)c(=O)n2-c1ccc(C(=O)O)cc1. The number of aryl methyl sites for hydroxylation is 1. The van der Waals surface area contributed by atoms with Crippen LogP contribution >= 0.6 is 11.6 Å². The van der Waals surface area contributed by atoms with E-state index < -0.39 is 5.97 Å². The topological polar surface area (TPSA) is 64.2 Å². The zero-order chi connectivity index (χ0) is 17.7. The number of rotatable bonds is 2. The summed E-state index contributed by atoms with van der Waals surface area (Å²) < 4.78 is 3.52. The molecule has 2 aromatic carbocycles. The quantitative estimate of drug-likeness (QED) is 0.596. The molecular weight excluding hydrogens is 340 g/mol. The number of carbonyl (C=O) groups is 1. The van der Waals surface area contributed by atoms with Gasteiger partial charge in [0, 0.05) is 18.1 Å². The molecule has 0 amide bonds. The van der Waals surface area contributed by atoms with E-state index in [-0.39, 0.29) is 16.1 Å². The number of halogens is 1. The van der Waals surface area contributed by atoms with E-state index >= 15 is 0 Å². The molecule has 1 N–H and O–H groups in total. The van der Waals surface area contributed by atoms with Crippen molar-refractivity contribution in [2.24, 2.45) is 7.05 Å². The summed E-state index contributed by atoms with van der Waals surface area (Å²) in [5.41, 5.74) is 2.94. The minimum absolute atomic E-state index is 0.112. The summed E-state index contributed by atoms with van der Waals surface area (Å²) in [6.45, 7) is 0. The van der Waals surface area contributed by atoms with Gasteiger partial charge in [0.05, 0.1) is 22.1 Å². The molecule has 0 aliphatic heterocycles. The number of hydrogen-bond acceptors (Lipinski definition) is 2. The molecule has 0 saturated carbocycles. The van der Waals surface area contributed by atoms with E-state index in [0.717, 1.165) is 21.9 Å². The molecule has 0 saturated heterocycles. The molecule has 0 aliphatic rings. The number of fused-ring (bicyclic) bond motifs is 3. The molecule has 2 aromatic heterocycles. The van der Waals surface area contributed by atoms with E-state index in [1.54, 1.807) is 18.2 Å². The van der Waals surface area contributed by atoms with Crippen LogP contribution in [0.2, 0.25) is 5.02 Å². The zero-order valence-corrected chi connectivity index (χ0v) is 14.0. The average molecular weight is 353 g/mol. The minimum atomic E-state index is -1.01. The second-order valence-electron chi connectivity index (χ2n) is 5.79. The third-order valence-electron chi connectivity index (χ3n) is 4.39. The van der Waals surface area contributed by atoms with Gasteiger partial charge >= 0.3 is 5.97 Å². The number of nitrogens with zero attached hydrogens (tertiary/aromatic N) is 2. The Bertz CT molecular complexity index is 1200. The fourth-order valence-corrected chi connectivity index (χ4v) is 3.37. The van der Waals surface area contributed by atoms with Crippen molar-refractivity contribution in [2.75, 3.05) is 0 Å². The summed E-state index contributed by atoms with van der Waals surface area (Å²) in [6, 6.07) is 15.6. The maximum Gasteiger partial charge on any atom is 0.335 e. The molecule has 0 atom stereocenters. The largest absolute Gasteiger partial charge is 0.478 e. The van der Waals surface area contributed by atoms with Crippen LogP contribution in [-0.4, -0.2) is 20.2 Å². The number of pyridine rings is 1. The molecule has 5 nitrogen and oxygen atoms in total. The van der Waals surface area contributed by atoms with Crippen LogP contribution in [0.3, 0.4) is 0 Å². The highest BCUT2D eigenvalue weighted by Gasteiger charge is 2.17. The molecule has 4 aromatic rings. The van der Waals surface area contributed by atoms with Crippen molar-refractivity contribution in [3.63, 3.8) is 0 Å². The van der Waals surface area contributed by atoms with E-state index in [2.05, 4.69) is 0 Å². The summed E-state index contributed by atoms with van der Waals surface area (Å²) in [7, 11) is 1.92. The Hall–Kier alpha value is -3.05. The van der Waals surface area contributed by atoms with Crippen LogP contribution in [0, 0.1) is 0 Å². The number of aromatic nitrogens is 2. The first kappa shape index (κ1) is 15.5. The number of hydrogen-bond donors (Lipinski definition) is 1. The van der Waals surface area contributed by atoms with Crippen LogP contribution in [0.1, 0.15) is 10.4 Å². The molecular formula is C19H13ClN2O3. The molecule has 4 rings (SSSR count). The molecule has 0 radical (unpaired) electrons. The number of carboxylic acid groups (broad SMARTS) is 1. The van der Waals surface area contributed by atoms with E-state index in [1.165, 1.54) is 16.7 Å². The first-order valence-corrected chi connectivity index (χ1v) is 7.99. The van der Waals surface area contributed by atoms with Gasteiger partial charge in [-0.3, -0.25) is 9.36 Å². The summed E-state index contributed by atoms with van der Waals surface area (Å²) >= 11 is 6.18. The molecule has 0 aliphatic carbocycles. The van der Waals surface area contributed by atoms with Crippen molar-refractivity contribution in [1.29, 1.82) is 0 Å². The number of para-hydroxylation sites is 1. The highest BCUT2D eigenvalue weighted by Crippen LogP contribution is 2.30. The lowest BCUT2D eigenvalue weighted by Crippen LogP contribution is -2.19. The van der Waals surface area contributed by atoms with Gasteiger partial charge in [0.25, 0.3) is 5.56 Å². The molecule has 0 bridgehead atoms. The lowest BCUT2D eigenvalue weighted by atomic mass is 10.2. The molecule has 0 spiro atoms. The van der Waals surface area contributed by atoms with Gasteiger partial charge in [-0.1, -0.05) is 29.8 Å². The first-order valence-electron chi connectivity index (χ1n) is 7.61. The average Bonchev–Trinajstić information content (AvgIpc) is 2.89. The van der Waals surface area contributed by atoms with Crippen molar-refractivity contribution in [3.8, 4) is 5.69 Å². The van der Waals surface area contributed by atoms with Gasteiger partial charge in [0.1, 0.15) is 5.02 Å². The van der Waals surface area contributed by atoms with E-state index in [1.807, 2.05) is 35.9 Å². The fraction of sp³-hybridized carbons (Fsp3) is 0.0526. The second-order valence-corrected chi connectivity index (χ2v) is 6.20. The van der Waals surface area contributed by atoms with Gasteiger partial charge in [0.15, 0.2) is 0 Å². The van der Waals surface area contributed by atoms with Crippen molar-refractivity contribution in [2.45, 2.75) is 0 Å². The monoisotopic (exact) mass is 352 g/mol. The minimum Gasteiger partial charge on any atom is -0.478 e. The molecule has 25 heavy (non-hydrogen) atoms. The second kappa shape index (κ2) is 5.50. The lowest BCUT2D eigenvalue weighted by Gasteiger charge is -2.10. The molecule has 2 heterocycles. The van der Waals surface area contributed by atoms with Gasteiger partial charge in [-0.15, -0.1) is 0 Å².